The Morgan fingerprint density at radius 3 is 2.59 bits per heavy atom. The van der Waals surface area contributed by atoms with Crippen molar-refractivity contribution in [2.45, 2.75) is 33.6 Å². The SMILES string of the molecule is Cc1cn(-c2ccc3cnc(N)nc3c2)c2c1C(=O)CC(C)(C)C2.O=Cc1ccc(F)cc1F. The predicted octanol–water partition coefficient (Wildman–Crippen LogP) is 5.24. The third-order valence-electron chi connectivity index (χ3n) is 5.81. The normalized spacial score (nSPS) is 14.3. The van der Waals surface area contributed by atoms with Crippen LogP contribution >= 0.6 is 0 Å². The molecule has 2 heterocycles. The number of rotatable bonds is 2. The molecule has 2 aromatic carbocycles. The Balaban J connectivity index is 0.000000231. The summed E-state index contributed by atoms with van der Waals surface area (Å²) in [6, 6.07) is 8.82. The van der Waals surface area contributed by atoms with Crippen LogP contribution in [0, 0.1) is 24.0 Å². The zero-order valence-corrected chi connectivity index (χ0v) is 19.1. The second kappa shape index (κ2) is 8.78. The van der Waals surface area contributed by atoms with Crippen LogP contribution in [-0.2, 0) is 6.42 Å². The Hall–Kier alpha value is -3.94. The molecule has 0 amide bonds. The lowest BCUT2D eigenvalue weighted by atomic mass is 9.75. The maximum atomic E-state index is 12.6. The van der Waals surface area contributed by atoms with Crippen LogP contribution in [0.4, 0.5) is 14.7 Å². The molecule has 8 heteroatoms. The van der Waals surface area contributed by atoms with Gasteiger partial charge in [-0.3, -0.25) is 9.59 Å². The molecule has 34 heavy (non-hydrogen) atoms. The number of aldehydes is 1. The first-order valence-electron chi connectivity index (χ1n) is 10.7. The molecule has 0 aliphatic heterocycles. The number of halogens is 2. The summed E-state index contributed by atoms with van der Waals surface area (Å²) in [5.74, 6) is -0.996. The lowest BCUT2D eigenvalue weighted by Crippen LogP contribution is -2.28. The summed E-state index contributed by atoms with van der Waals surface area (Å²) < 4.78 is 26.6. The molecule has 2 N–H and O–H groups in total. The van der Waals surface area contributed by atoms with Crippen LogP contribution in [0.1, 0.15) is 52.2 Å². The van der Waals surface area contributed by atoms with Crippen LogP contribution in [0.25, 0.3) is 16.6 Å². The average Bonchev–Trinajstić information content (AvgIpc) is 3.09. The molecule has 2 aromatic heterocycles. The molecule has 174 valence electrons. The molecule has 6 nitrogen and oxygen atoms in total. The Bertz CT molecular complexity index is 1430. The third-order valence-corrected chi connectivity index (χ3v) is 5.81. The molecule has 0 radical (unpaired) electrons. The first-order valence-corrected chi connectivity index (χ1v) is 10.7. The van der Waals surface area contributed by atoms with Gasteiger partial charge < -0.3 is 10.3 Å². The van der Waals surface area contributed by atoms with E-state index in [0.717, 1.165) is 52.0 Å². The highest BCUT2D eigenvalue weighted by Gasteiger charge is 2.34. The highest BCUT2D eigenvalue weighted by Crippen LogP contribution is 2.38. The number of ketones is 1. The monoisotopic (exact) mass is 462 g/mol. The van der Waals surface area contributed by atoms with Gasteiger partial charge in [0.15, 0.2) is 12.1 Å². The number of benzene rings is 2. The van der Waals surface area contributed by atoms with Crippen LogP contribution in [0.3, 0.4) is 0 Å². The molecule has 1 aliphatic rings. The van der Waals surface area contributed by atoms with E-state index in [0.29, 0.717) is 18.8 Å². The van der Waals surface area contributed by atoms with Crippen molar-refractivity contribution in [1.82, 2.24) is 14.5 Å². The number of anilines is 1. The number of aromatic nitrogens is 3. The van der Waals surface area contributed by atoms with Crippen molar-refractivity contribution < 1.29 is 18.4 Å². The second-order valence-corrected chi connectivity index (χ2v) is 9.20. The predicted molar refractivity (Wildman–Crippen MR) is 126 cm³/mol. The molecule has 1 aliphatic carbocycles. The van der Waals surface area contributed by atoms with Gasteiger partial charge in [0.1, 0.15) is 11.6 Å². The van der Waals surface area contributed by atoms with Gasteiger partial charge in [0.2, 0.25) is 5.95 Å². The molecule has 0 atom stereocenters. The van der Waals surface area contributed by atoms with E-state index in [1.807, 2.05) is 25.1 Å². The number of nitrogen functional groups attached to an aromatic ring is 1. The van der Waals surface area contributed by atoms with E-state index in [1.54, 1.807) is 6.20 Å². The molecule has 0 saturated heterocycles. The van der Waals surface area contributed by atoms with Crippen LogP contribution in [0.5, 0.6) is 0 Å². The van der Waals surface area contributed by atoms with Crippen LogP contribution in [-0.4, -0.2) is 26.6 Å². The molecule has 4 aromatic rings. The number of fused-ring (bicyclic) bond motifs is 2. The Labute approximate surface area is 195 Å². The third kappa shape index (κ3) is 4.57. The first-order chi connectivity index (χ1) is 16.1. The van der Waals surface area contributed by atoms with E-state index in [9.17, 15) is 18.4 Å². The molecule has 5 rings (SSSR count). The maximum absolute atomic E-state index is 12.6. The molecule has 0 saturated carbocycles. The van der Waals surface area contributed by atoms with E-state index in [1.165, 1.54) is 0 Å². The minimum atomic E-state index is -0.824. The van der Waals surface area contributed by atoms with E-state index in [4.69, 9.17) is 5.73 Å². The number of aryl methyl sites for hydroxylation is 1. The molecule has 0 fully saturated rings. The first kappa shape index (κ1) is 23.2. The lowest BCUT2D eigenvalue weighted by molar-refractivity contribution is 0.0910. The molecule has 0 unspecified atom stereocenters. The Kier molecular flexibility index (Phi) is 6.00. The van der Waals surface area contributed by atoms with Gasteiger partial charge in [-0.2, -0.15) is 0 Å². The summed E-state index contributed by atoms with van der Waals surface area (Å²) >= 11 is 0. The lowest BCUT2D eigenvalue weighted by Gasteiger charge is -2.30. The maximum Gasteiger partial charge on any atom is 0.220 e. The smallest absolute Gasteiger partial charge is 0.220 e. The van der Waals surface area contributed by atoms with Crippen LogP contribution in [0.15, 0.2) is 48.8 Å². The largest absolute Gasteiger partial charge is 0.368 e. The fourth-order valence-electron chi connectivity index (χ4n) is 4.28. The van der Waals surface area contributed by atoms with Gasteiger partial charge in [-0.15, -0.1) is 0 Å². The van der Waals surface area contributed by atoms with Gasteiger partial charge >= 0.3 is 0 Å². The topological polar surface area (TPSA) is 90.9 Å². The number of carbonyl (C=O) groups is 2. The van der Waals surface area contributed by atoms with Crippen molar-refractivity contribution >= 4 is 28.9 Å². The van der Waals surface area contributed by atoms with Crippen molar-refractivity contribution in [2.24, 2.45) is 5.41 Å². The molecular weight excluding hydrogens is 438 g/mol. The van der Waals surface area contributed by atoms with E-state index in [-0.39, 0.29) is 22.7 Å². The van der Waals surface area contributed by atoms with E-state index >= 15 is 0 Å². The van der Waals surface area contributed by atoms with Crippen LogP contribution < -0.4 is 5.73 Å². The Morgan fingerprint density at radius 1 is 1.12 bits per heavy atom. The average molecular weight is 463 g/mol. The number of Topliss-reactive ketones (excluding diaryl/α,β-unsaturated/α-hetero) is 1. The summed E-state index contributed by atoms with van der Waals surface area (Å²) in [4.78, 5) is 30.9. The van der Waals surface area contributed by atoms with Crippen molar-refractivity contribution in [3.8, 4) is 5.69 Å². The molecular formula is C26H24F2N4O2. The minimum absolute atomic E-state index is 0.0178. The van der Waals surface area contributed by atoms with Gasteiger partial charge in [0, 0.05) is 47.2 Å². The standard InChI is InChI=1S/C19H20N4O.C7H4F2O/c1-11-10-23(15-7-19(2,3)8-16(24)17(11)15)13-5-4-12-9-21-18(20)22-14(12)6-13;8-6-2-1-5(4-10)7(9)3-6/h4-6,9-10H,7-8H2,1-3H3,(H2,20,21,22);1-4H. The van der Waals surface area contributed by atoms with E-state index < -0.39 is 11.6 Å². The van der Waals surface area contributed by atoms with Crippen molar-refractivity contribution in [3.05, 3.63) is 82.8 Å². The summed E-state index contributed by atoms with van der Waals surface area (Å²) in [5.41, 5.74) is 10.4. The van der Waals surface area contributed by atoms with Crippen LogP contribution in [0.2, 0.25) is 0 Å². The minimum Gasteiger partial charge on any atom is -0.368 e. The number of nitrogens with two attached hydrogens (primary N) is 1. The van der Waals surface area contributed by atoms with Crippen molar-refractivity contribution in [1.29, 1.82) is 0 Å². The van der Waals surface area contributed by atoms with Gasteiger partial charge in [-0.05, 0) is 54.7 Å². The summed E-state index contributed by atoms with van der Waals surface area (Å²) in [6.45, 7) is 6.30. The Morgan fingerprint density at radius 2 is 1.88 bits per heavy atom. The second-order valence-electron chi connectivity index (χ2n) is 9.20. The van der Waals surface area contributed by atoms with E-state index in [2.05, 4.69) is 34.6 Å². The van der Waals surface area contributed by atoms with Gasteiger partial charge in [-0.25, -0.2) is 18.7 Å². The fourth-order valence-corrected chi connectivity index (χ4v) is 4.28. The number of carbonyl (C=O) groups excluding carboxylic acids is 2. The highest BCUT2D eigenvalue weighted by atomic mass is 19.1. The molecule has 0 spiro atoms. The quantitative estimate of drug-likeness (QED) is 0.411. The highest BCUT2D eigenvalue weighted by molar-refractivity contribution is 6.00. The van der Waals surface area contributed by atoms with Gasteiger partial charge in [0.05, 0.1) is 11.1 Å². The zero-order chi connectivity index (χ0) is 24.6. The van der Waals surface area contributed by atoms with Crippen molar-refractivity contribution in [2.75, 3.05) is 5.73 Å². The number of hydrogen-bond acceptors (Lipinski definition) is 5. The summed E-state index contributed by atoms with van der Waals surface area (Å²) in [6.07, 6.45) is 5.60. The summed E-state index contributed by atoms with van der Waals surface area (Å²) in [7, 11) is 0. The summed E-state index contributed by atoms with van der Waals surface area (Å²) in [5, 5.41) is 0.946. The van der Waals surface area contributed by atoms with Gasteiger partial charge in [-0.1, -0.05) is 13.8 Å². The fraction of sp³-hybridized carbons (Fsp3) is 0.231. The number of nitrogens with zero attached hydrogens (tertiary/aromatic N) is 3. The zero-order valence-electron chi connectivity index (χ0n) is 19.1. The molecule has 0 bridgehead atoms. The van der Waals surface area contributed by atoms with Crippen molar-refractivity contribution in [3.63, 3.8) is 0 Å². The van der Waals surface area contributed by atoms with Gasteiger partial charge in [0.25, 0.3) is 0 Å². The number of hydrogen-bond donors (Lipinski definition) is 1.